The number of ether oxygens (including phenoxy) is 3. The molecule has 0 spiro atoms. The van der Waals surface area contributed by atoms with Crippen molar-refractivity contribution in [1.29, 1.82) is 0 Å². The van der Waals surface area contributed by atoms with Crippen molar-refractivity contribution in [2.75, 3.05) is 39.6 Å². The van der Waals surface area contributed by atoms with Crippen LogP contribution < -0.4 is 0 Å². The molecule has 1 saturated heterocycles. The molecule has 1 aliphatic rings. The van der Waals surface area contributed by atoms with Crippen LogP contribution in [0.25, 0.3) is 0 Å². The van der Waals surface area contributed by atoms with Crippen molar-refractivity contribution in [2.24, 2.45) is 16.2 Å². The van der Waals surface area contributed by atoms with Crippen molar-refractivity contribution in [3.05, 3.63) is 0 Å². The van der Waals surface area contributed by atoms with Gasteiger partial charge in [0.1, 0.15) is 0 Å². The zero-order valence-corrected chi connectivity index (χ0v) is 14.1. The first-order valence-electron chi connectivity index (χ1n) is 7.73. The largest absolute Gasteiger partial charge is 0.396 e. The Labute approximate surface area is 128 Å². The molecule has 0 atom stereocenters. The van der Waals surface area contributed by atoms with Crippen molar-refractivity contribution in [3.8, 4) is 0 Å². The molecule has 0 unspecified atom stereocenters. The van der Waals surface area contributed by atoms with E-state index in [0.29, 0.717) is 26.4 Å². The standard InChI is InChI=1S/C16H32O5/c1-6-16(10-19-9-14(2,3)7-17)11-20-13(21-12-16)15(4,5)8-18/h13,17-18H,6-12H2,1-5H3. The molecular formula is C16H32O5. The van der Waals surface area contributed by atoms with Gasteiger partial charge in [-0.3, -0.25) is 0 Å². The minimum atomic E-state index is -0.403. The molecule has 1 aliphatic heterocycles. The fourth-order valence-corrected chi connectivity index (χ4v) is 2.10. The van der Waals surface area contributed by atoms with Crippen LogP contribution in [-0.4, -0.2) is 56.1 Å². The Kier molecular flexibility index (Phi) is 6.62. The summed E-state index contributed by atoms with van der Waals surface area (Å²) in [6, 6.07) is 0. The van der Waals surface area contributed by atoms with Gasteiger partial charge in [0, 0.05) is 16.2 Å². The van der Waals surface area contributed by atoms with E-state index in [2.05, 4.69) is 6.92 Å². The van der Waals surface area contributed by atoms with E-state index in [-0.39, 0.29) is 30.3 Å². The summed E-state index contributed by atoms with van der Waals surface area (Å²) in [4.78, 5) is 0. The zero-order chi connectivity index (χ0) is 16.1. The highest BCUT2D eigenvalue weighted by Gasteiger charge is 2.41. The first kappa shape index (κ1) is 18.8. The summed E-state index contributed by atoms with van der Waals surface area (Å²) in [6.45, 7) is 12.2. The second kappa shape index (κ2) is 7.38. The minimum absolute atomic E-state index is 0.0258. The van der Waals surface area contributed by atoms with E-state index in [1.807, 2.05) is 27.7 Å². The highest BCUT2D eigenvalue weighted by molar-refractivity contribution is 4.84. The first-order valence-corrected chi connectivity index (χ1v) is 7.73. The summed E-state index contributed by atoms with van der Waals surface area (Å²) in [7, 11) is 0. The van der Waals surface area contributed by atoms with Crippen LogP contribution >= 0.6 is 0 Å². The highest BCUT2D eigenvalue weighted by Crippen LogP contribution is 2.35. The Balaban J connectivity index is 2.49. The molecule has 1 rings (SSSR count). The second-order valence-electron chi connectivity index (χ2n) is 7.77. The predicted molar refractivity (Wildman–Crippen MR) is 81.0 cm³/mol. The Morgan fingerprint density at radius 3 is 2.10 bits per heavy atom. The molecule has 0 saturated carbocycles. The normalized spacial score (nSPS) is 27.9. The summed E-state index contributed by atoms with van der Waals surface area (Å²) < 4.78 is 17.5. The molecule has 0 aromatic heterocycles. The molecule has 0 aliphatic carbocycles. The number of hydrogen-bond acceptors (Lipinski definition) is 5. The van der Waals surface area contributed by atoms with Crippen LogP contribution in [0, 0.1) is 16.2 Å². The van der Waals surface area contributed by atoms with Crippen LogP contribution in [0.4, 0.5) is 0 Å². The van der Waals surface area contributed by atoms with Crippen LogP contribution in [-0.2, 0) is 14.2 Å². The summed E-state index contributed by atoms with van der Waals surface area (Å²) in [5.74, 6) is 0. The quantitative estimate of drug-likeness (QED) is 0.716. The van der Waals surface area contributed by atoms with Crippen molar-refractivity contribution in [3.63, 3.8) is 0 Å². The molecule has 5 heteroatoms. The van der Waals surface area contributed by atoms with E-state index in [9.17, 15) is 10.2 Å². The third-order valence-electron chi connectivity index (χ3n) is 4.21. The Morgan fingerprint density at radius 2 is 1.67 bits per heavy atom. The third-order valence-corrected chi connectivity index (χ3v) is 4.21. The van der Waals surface area contributed by atoms with Gasteiger partial charge in [0.05, 0.1) is 39.6 Å². The molecule has 0 aromatic carbocycles. The van der Waals surface area contributed by atoms with Crippen molar-refractivity contribution >= 4 is 0 Å². The minimum Gasteiger partial charge on any atom is -0.396 e. The third kappa shape index (κ3) is 5.18. The van der Waals surface area contributed by atoms with Gasteiger partial charge in [-0.2, -0.15) is 0 Å². The van der Waals surface area contributed by atoms with E-state index in [4.69, 9.17) is 14.2 Å². The molecule has 0 aromatic rings. The topological polar surface area (TPSA) is 68.2 Å². The fraction of sp³-hybridized carbons (Fsp3) is 1.00. The molecule has 126 valence electrons. The Bertz CT molecular complexity index is 300. The lowest BCUT2D eigenvalue weighted by molar-refractivity contribution is -0.281. The summed E-state index contributed by atoms with van der Waals surface area (Å²) >= 11 is 0. The molecule has 21 heavy (non-hydrogen) atoms. The molecule has 0 bridgehead atoms. The Hall–Kier alpha value is -0.200. The maximum Gasteiger partial charge on any atom is 0.164 e. The molecule has 0 radical (unpaired) electrons. The number of aliphatic hydroxyl groups is 2. The molecular weight excluding hydrogens is 272 g/mol. The van der Waals surface area contributed by atoms with E-state index in [0.717, 1.165) is 6.42 Å². The highest BCUT2D eigenvalue weighted by atomic mass is 16.7. The lowest BCUT2D eigenvalue weighted by Crippen LogP contribution is -2.50. The Morgan fingerprint density at radius 1 is 1.10 bits per heavy atom. The van der Waals surface area contributed by atoms with Gasteiger partial charge in [-0.05, 0) is 6.42 Å². The van der Waals surface area contributed by atoms with Gasteiger partial charge >= 0.3 is 0 Å². The van der Waals surface area contributed by atoms with Crippen LogP contribution in [0.15, 0.2) is 0 Å². The van der Waals surface area contributed by atoms with Crippen molar-refractivity contribution in [1.82, 2.24) is 0 Å². The van der Waals surface area contributed by atoms with Crippen LogP contribution in [0.5, 0.6) is 0 Å². The maximum absolute atomic E-state index is 9.38. The monoisotopic (exact) mass is 304 g/mol. The van der Waals surface area contributed by atoms with Gasteiger partial charge < -0.3 is 24.4 Å². The number of hydrogen-bond donors (Lipinski definition) is 2. The lowest BCUT2D eigenvalue weighted by atomic mass is 9.85. The van der Waals surface area contributed by atoms with Crippen LogP contribution in [0.3, 0.4) is 0 Å². The molecule has 1 heterocycles. The van der Waals surface area contributed by atoms with E-state index in [1.165, 1.54) is 0 Å². The van der Waals surface area contributed by atoms with Gasteiger partial charge in [0.2, 0.25) is 0 Å². The van der Waals surface area contributed by atoms with E-state index in [1.54, 1.807) is 0 Å². The van der Waals surface area contributed by atoms with E-state index >= 15 is 0 Å². The van der Waals surface area contributed by atoms with Crippen LogP contribution in [0.1, 0.15) is 41.0 Å². The van der Waals surface area contributed by atoms with Crippen LogP contribution in [0.2, 0.25) is 0 Å². The first-order chi connectivity index (χ1) is 9.70. The summed E-state index contributed by atoms with van der Waals surface area (Å²) in [5, 5.41) is 18.6. The smallest absolute Gasteiger partial charge is 0.164 e. The maximum atomic E-state index is 9.38. The molecule has 5 nitrogen and oxygen atoms in total. The molecule has 2 N–H and O–H groups in total. The van der Waals surface area contributed by atoms with E-state index < -0.39 is 5.41 Å². The zero-order valence-electron chi connectivity index (χ0n) is 14.1. The SMILES string of the molecule is CCC1(COCC(C)(C)CO)COC(C(C)(C)CO)OC1. The molecule has 0 amide bonds. The second-order valence-corrected chi connectivity index (χ2v) is 7.77. The predicted octanol–water partition coefficient (Wildman–Crippen LogP) is 1.81. The van der Waals surface area contributed by atoms with Gasteiger partial charge in [-0.15, -0.1) is 0 Å². The summed E-state index contributed by atoms with van der Waals surface area (Å²) in [6.07, 6.45) is 0.523. The summed E-state index contributed by atoms with van der Waals surface area (Å²) in [5.41, 5.74) is -0.778. The van der Waals surface area contributed by atoms with Gasteiger partial charge in [-0.1, -0.05) is 34.6 Å². The average molecular weight is 304 g/mol. The van der Waals surface area contributed by atoms with Gasteiger partial charge in [-0.25, -0.2) is 0 Å². The van der Waals surface area contributed by atoms with Gasteiger partial charge in [0.25, 0.3) is 0 Å². The molecule has 1 fully saturated rings. The average Bonchev–Trinajstić information content (AvgIpc) is 2.47. The van der Waals surface area contributed by atoms with Gasteiger partial charge in [0.15, 0.2) is 6.29 Å². The van der Waals surface area contributed by atoms with Crippen molar-refractivity contribution < 1.29 is 24.4 Å². The number of rotatable bonds is 8. The fourth-order valence-electron chi connectivity index (χ4n) is 2.10. The van der Waals surface area contributed by atoms with Crippen molar-refractivity contribution in [2.45, 2.75) is 47.3 Å². The lowest BCUT2D eigenvalue weighted by Gasteiger charge is -2.44. The number of aliphatic hydroxyl groups excluding tert-OH is 2.